The highest BCUT2D eigenvalue weighted by Gasteiger charge is 2.31. The standard InChI is InChI=1S/C15H21N3O4S/c1-2-23(21,22)18-8-4-6-12(10-18)15(20)17-13-7-3-5-11(9-13)14(16)19/h3,5,7,9,12H,2,4,6,8,10H2,1H3,(H2,16,19)(H,17,20)/t12-/m1/s1. The van der Waals surface area contributed by atoms with Crippen LogP contribution in [0.5, 0.6) is 0 Å². The van der Waals surface area contributed by atoms with Gasteiger partial charge in [-0.05, 0) is 38.0 Å². The average Bonchev–Trinajstić information content (AvgIpc) is 2.55. The van der Waals surface area contributed by atoms with Crippen molar-refractivity contribution in [1.82, 2.24) is 4.31 Å². The molecule has 0 radical (unpaired) electrons. The molecule has 7 nitrogen and oxygen atoms in total. The normalized spacial score (nSPS) is 19.3. The van der Waals surface area contributed by atoms with Crippen LogP contribution in [0.2, 0.25) is 0 Å². The molecule has 23 heavy (non-hydrogen) atoms. The molecule has 1 fully saturated rings. The minimum absolute atomic E-state index is 0.0298. The van der Waals surface area contributed by atoms with Crippen LogP contribution in [0.4, 0.5) is 5.69 Å². The van der Waals surface area contributed by atoms with Gasteiger partial charge in [0, 0.05) is 24.3 Å². The number of rotatable bonds is 5. The lowest BCUT2D eigenvalue weighted by Gasteiger charge is -2.30. The van der Waals surface area contributed by atoms with E-state index in [1.165, 1.54) is 10.4 Å². The molecular weight excluding hydrogens is 318 g/mol. The number of nitrogens with one attached hydrogen (secondary N) is 1. The molecule has 1 aromatic rings. The molecule has 1 heterocycles. The fraction of sp³-hybridized carbons (Fsp3) is 0.467. The van der Waals surface area contributed by atoms with Gasteiger partial charge in [0.1, 0.15) is 0 Å². The third-order valence-corrected chi connectivity index (χ3v) is 5.78. The first-order valence-electron chi connectivity index (χ1n) is 7.52. The van der Waals surface area contributed by atoms with Crippen molar-refractivity contribution < 1.29 is 18.0 Å². The molecule has 0 saturated carbocycles. The molecule has 0 unspecified atom stereocenters. The summed E-state index contributed by atoms with van der Waals surface area (Å²) in [5.74, 6) is -1.19. The van der Waals surface area contributed by atoms with Crippen molar-refractivity contribution in [2.75, 3.05) is 24.2 Å². The zero-order valence-electron chi connectivity index (χ0n) is 13.0. The molecule has 1 atom stereocenters. The summed E-state index contributed by atoms with van der Waals surface area (Å²) in [6.07, 6.45) is 1.29. The number of nitrogens with two attached hydrogens (primary N) is 1. The fourth-order valence-corrected chi connectivity index (χ4v) is 3.77. The molecule has 1 saturated heterocycles. The van der Waals surface area contributed by atoms with Crippen molar-refractivity contribution in [1.29, 1.82) is 0 Å². The summed E-state index contributed by atoms with van der Waals surface area (Å²) < 4.78 is 25.3. The number of primary amides is 1. The predicted molar refractivity (Wildman–Crippen MR) is 87.3 cm³/mol. The Hall–Kier alpha value is -1.93. The minimum Gasteiger partial charge on any atom is -0.366 e. The van der Waals surface area contributed by atoms with Crippen LogP contribution in [-0.4, -0.2) is 43.4 Å². The van der Waals surface area contributed by atoms with Crippen LogP contribution < -0.4 is 11.1 Å². The maximum atomic E-state index is 12.4. The molecule has 8 heteroatoms. The van der Waals surface area contributed by atoms with Crippen molar-refractivity contribution in [2.24, 2.45) is 11.7 Å². The van der Waals surface area contributed by atoms with E-state index in [9.17, 15) is 18.0 Å². The molecule has 0 aromatic heterocycles. The van der Waals surface area contributed by atoms with E-state index in [2.05, 4.69) is 5.32 Å². The van der Waals surface area contributed by atoms with Crippen LogP contribution in [0.15, 0.2) is 24.3 Å². The van der Waals surface area contributed by atoms with E-state index in [-0.39, 0.29) is 18.2 Å². The number of carbonyl (C=O) groups is 2. The number of piperidine rings is 1. The Kier molecular flexibility index (Phi) is 5.38. The van der Waals surface area contributed by atoms with Crippen LogP contribution >= 0.6 is 0 Å². The Labute approximate surface area is 135 Å². The molecule has 3 N–H and O–H groups in total. The Bertz CT molecular complexity index is 702. The number of sulfonamides is 1. The van der Waals surface area contributed by atoms with E-state index in [4.69, 9.17) is 5.73 Å². The SMILES string of the molecule is CCS(=O)(=O)N1CCC[C@@H](C(=O)Nc2cccc(C(N)=O)c2)C1. The third-order valence-electron chi connectivity index (χ3n) is 3.93. The number of benzene rings is 1. The predicted octanol–water partition coefficient (Wildman–Crippen LogP) is 0.786. The molecule has 126 valence electrons. The lowest BCUT2D eigenvalue weighted by molar-refractivity contribution is -0.120. The first-order chi connectivity index (χ1) is 10.8. The lowest BCUT2D eigenvalue weighted by Crippen LogP contribution is -2.44. The second kappa shape index (κ2) is 7.10. The molecular formula is C15H21N3O4S. The first kappa shape index (κ1) is 17.4. The molecule has 0 bridgehead atoms. The molecule has 0 spiro atoms. The molecule has 1 aromatic carbocycles. The molecule has 1 aliphatic heterocycles. The Morgan fingerprint density at radius 1 is 1.39 bits per heavy atom. The van der Waals surface area contributed by atoms with E-state index in [0.29, 0.717) is 30.6 Å². The van der Waals surface area contributed by atoms with Crippen LogP contribution in [0.1, 0.15) is 30.1 Å². The van der Waals surface area contributed by atoms with Gasteiger partial charge in [0.15, 0.2) is 0 Å². The van der Waals surface area contributed by atoms with Gasteiger partial charge in [-0.1, -0.05) is 6.07 Å². The van der Waals surface area contributed by atoms with Crippen molar-refractivity contribution in [3.8, 4) is 0 Å². The highest BCUT2D eigenvalue weighted by atomic mass is 32.2. The van der Waals surface area contributed by atoms with E-state index < -0.39 is 21.8 Å². The largest absolute Gasteiger partial charge is 0.366 e. The number of hydrogen-bond donors (Lipinski definition) is 2. The van der Waals surface area contributed by atoms with Gasteiger partial charge in [0.05, 0.1) is 11.7 Å². The van der Waals surface area contributed by atoms with Crippen molar-refractivity contribution >= 4 is 27.5 Å². The maximum Gasteiger partial charge on any atom is 0.248 e. The monoisotopic (exact) mass is 339 g/mol. The van der Waals surface area contributed by atoms with E-state index in [0.717, 1.165) is 0 Å². The smallest absolute Gasteiger partial charge is 0.248 e. The number of carbonyl (C=O) groups excluding carboxylic acids is 2. The molecule has 1 aliphatic rings. The Morgan fingerprint density at radius 3 is 2.78 bits per heavy atom. The fourth-order valence-electron chi connectivity index (χ4n) is 2.59. The van der Waals surface area contributed by atoms with E-state index >= 15 is 0 Å². The zero-order valence-corrected chi connectivity index (χ0v) is 13.8. The van der Waals surface area contributed by atoms with Crippen LogP contribution in [0, 0.1) is 5.92 Å². The number of amides is 2. The summed E-state index contributed by atoms with van der Waals surface area (Å²) in [5, 5.41) is 2.73. The average molecular weight is 339 g/mol. The Balaban J connectivity index is 2.06. The van der Waals surface area contributed by atoms with Gasteiger partial charge in [-0.25, -0.2) is 12.7 Å². The minimum atomic E-state index is -3.29. The van der Waals surface area contributed by atoms with Gasteiger partial charge >= 0.3 is 0 Å². The highest BCUT2D eigenvalue weighted by Crippen LogP contribution is 2.21. The highest BCUT2D eigenvalue weighted by molar-refractivity contribution is 7.89. The maximum absolute atomic E-state index is 12.4. The third kappa shape index (κ3) is 4.29. The quantitative estimate of drug-likeness (QED) is 0.826. The van der Waals surface area contributed by atoms with Gasteiger partial charge < -0.3 is 11.1 Å². The van der Waals surface area contributed by atoms with Crippen molar-refractivity contribution in [3.63, 3.8) is 0 Å². The van der Waals surface area contributed by atoms with Crippen LogP contribution in [0.25, 0.3) is 0 Å². The second-order valence-corrected chi connectivity index (χ2v) is 7.79. The summed E-state index contributed by atoms with van der Waals surface area (Å²) in [6.45, 7) is 2.24. The first-order valence-corrected chi connectivity index (χ1v) is 9.13. The summed E-state index contributed by atoms with van der Waals surface area (Å²) in [7, 11) is -3.29. The van der Waals surface area contributed by atoms with Gasteiger partial charge in [-0.2, -0.15) is 0 Å². The zero-order chi connectivity index (χ0) is 17.0. The van der Waals surface area contributed by atoms with E-state index in [1.807, 2.05) is 0 Å². The van der Waals surface area contributed by atoms with Crippen molar-refractivity contribution in [2.45, 2.75) is 19.8 Å². The second-order valence-electron chi connectivity index (χ2n) is 5.53. The molecule has 2 rings (SSSR count). The van der Waals surface area contributed by atoms with Gasteiger partial charge in [-0.3, -0.25) is 9.59 Å². The van der Waals surface area contributed by atoms with Gasteiger partial charge in [0.25, 0.3) is 0 Å². The molecule has 2 amide bonds. The topological polar surface area (TPSA) is 110 Å². The lowest BCUT2D eigenvalue weighted by atomic mass is 9.98. The number of anilines is 1. The van der Waals surface area contributed by atoms with Crippen LogP contribution in [0.3, 0.4) is 0 Å². The summed E-state index contributed by atoms with van der Waals surface area (Å²) in [6, 6.07) is 6.36. The number of nitrogens with zero attached hydrogens (tertiary/aromatic N) is 1. The van der Waals surface area contributed by atoms with Crippen LogP contribution in [-0.2, 0) is 14.8 Å². The van der Waals surface area contributed by atoms with Crippen molar-refractivity contribution in [3.05, 3.63) is 29.8 Å². The van der Waals surface area contributed by atoms with E-state index in [1.54, 1.807) is 25.1 Å². The number of hydrogen-bond acceptors (Lipinski definition) is 4. The van der Waals surface area contributed by atoms with Gasteiger partial charge in [-0.15, -0.1) is 0 Å². The molecule has 0 aliphatic carbocycles. The van der Waals surface area contributed by atoms with Gasteiger partial charge in [0.2, 0.25) is 21.8 Å². The Morgan fingerprint density at radius 2 is 2.13 bits per heavy atom. The summed E-state index contributed by atoms with van der Waals surface area (Å²) in [5.41, 5.74) is 5.99. The summed E-state index contributed by atoms with van der Waals surface area (Å²) >= 11 is 0. The summed E-state index contributed by atoms with van der Waals surface area (Å²) in [4.78, 5) is 23.5.